The summed E-state index contributed by atoms with van der Waals surface area (Å²) >= 11 is 0. The molecule has 4 nitrogen and oxygen atoms in total. The van der Waals surface area contributed by atoms with Crippen LogP contribution in [-0.2, 0) is 34.4 Å². The van der Waals surface area contributed by atoms with Crippen LogP contribution in [0.1, 0.15) is 56.4 Å². The third-order valence-corrected chi connectivity index (χ3v) is 6.34. The van der Waals surface area contributed by atoms with Gasteiger partial charge in [0.05, 0.1) is 0 Å². The van der Waals surface area contributed by atoms with Gasteiger partial charge in [0.2, 0.25) is 11.8 Å². The number of rotatable bonds is 10. The fourth-order valence-corrected chi connectivity index (χ4v) is 4.20. The molecule has 1 atom stereocenters. The number of carbonyl (C=O) groups excluding carboxylic acids is 2. The summed E-state index contributed by atoms with van der Waals surface area (Å²) in [6, 6.07) is 23.5. The zero-order valence-corrected chi connectivity index (χ0v) is 21.8. The summed E-state index contributed by atoms with van der Waals surface area (Å²) in [6.07, 6.45) is 1.26. The molecular formula is C31H37FN2O2. The molecule has 0 saturated carbocycles. The lowest BCUT2D eigenvalue weighted by Crippen LogP contribution is -2.50. The first-order valence-electron chi connectivity index (χ1n) is 12.6. The summed E-state index contributed by atoms with van der Waals surface area (Å²) < 4.78 is 13.5. The number of nitrogens with zero attached hydrogens (tertiary/aromatic N) is 1. The molecular weight excluding hydrogens is 451 g/mol. The number of hydrogen-bond donors (Lipinski definition) is 1. The average molecular weight is 489 g/mol. The van der Waals surface area contributed by atoms with Crippen molar-refractivity contribution in [3.8, 4) is 0 Å². The van der Waals surface area contributed by atoms with Gasteiger partial charge in [0.1, 0.15) is 11.9 Å². The molecule has 0 aliphatic heterocycles. The van der Waals surface area contributed by atoms with Crippen LogP contribution in [-0.4, -0.2) is 29.3 Å². The highest BCUT2D eigenvalue weighted by atomic mass is 19.1. The molecule has 0 bridgehead atoms. The monoisotopic (exact) mass is 488 g/mol. The molecule has 36 heavy (non-hydrogen) atoms. The van der Waals surface area contributed by atoms with Crippen LogP contribution in [0.25, 0.3) is 0 Å². The Labute approximate surface area is 214 Å². The Kier molecular flexibility index (Phi) is 9.40. The summed E-state index contributed by atoms with van der Waals surface area (Å²) in [5.41, 5.74) is 4.15. The van der Waals surface area contributed by atoms with E-state index >= 15 is 0 Å². The predicted octanol–water partition coefficient (Wildman–Crippen LogP) is 5.83. The normalized spacial score (nSPS) is 12.1. The van der Waals surface area contributed by atoms with E-state index in [4.69, 9.17) is 0 Å². The topological polar surface area (TPSA) is 49.4 Å². The number of nitrogens with one attached hydrogen (secondary N) is 1. The van der Waals surface area contributed by atoms with Gasteiger partial charge in [-0.05, 0) is 53.1 Å². The van der Waals surface area contributed by atoms with E-state index in [2.05, 4.69) is 50.4 Å². The fraction of sp³-hybridized carbons (Fsp3) is 0.355. The zero-order chi connectivity index (χ0) is 26.1. The first-order valence-corrected chi connectivity index (χ1v) is 12.6. The van der Waals surface area contributed by atoms with Gasteiger partial charge in [-0.1, -0.05) is 87.5 Å². The number of carbonyl (C=O) groups is 2. The summed E-state index contributed by atoms with van der Waals surface area (Å²) in [5.74, 6) is -0.627. The van der Waals surface area contributed by atoms with Crippen molar-refractivity contribution >= 4 is 11.8 Å². The second-order valence-corrected chi connectivity index (χ2v) is 10.2. The van der Waals surface area contributed by atoms with Gasteiger partial charge in [-0.15, -0.1) is 0 Å². The smallest absolute Gasteiger partial charge is 0.243 e. The maximum Gasteiger partial charge on any atom is 0.243 e. The number of amides is 2. The van der Waals surface area contributed by atoms with Crippen molar-refractivity contribution in [1.82, 2.24) is 10.2 Å². The van der Waals surface area contributed by atoms with Crippen molar-refractivity contribution in [3.63, 3.8) is 0 Å². The minimum atomic E-state index is -0.673. The maximum atomic E-state index is 13.6. The van der Waals surface area contributed by atoms with E-state index in [-0.39, 0.29) is 36.0 Å². The Morgan fingerprint density at radius 2 is 1.47 bits per heavy atom. The van der Waals surface area contributed by atoms with Crippen LogP contribution in [0, 0.1) is 5.82 Å². The molecule has 0 spiro atoms. The zero-order valence-electron chi connectivity index (χ0n) is 21.8. The predicted molar refractivity (Wildman–Crippen MR) is 143 cm³/mol. The molecule has 2 amide bonds. The molecule has 3 rings (SSSR count). The highest BCUT2D eigenvalue weighted by molar-refractivity contribution is 5.88. The number of halogens is 1. The Hall–Kier alpha value is -3.47. The van der Waals surface area contributed by atoms with E-state index in [0.29, 0.717) is 19.4 Å². The standard InChI is InChI=1S/C31H37FN2O2/c1-5-33-30(36)28(21-24-9-7-6-8-10-24)34(22-25-13-18-27(32)19-14-25)29(35)20-15-23-11-16-26(17-12-23)31(2,3)4/h6-14,16-19,28H,5,15,20-22H2,1-4H3,(H,33,36)/t28-/m1/s1. The van der Waals surface area contributed by atoms with Gasteiger partial charge >= 0.3 is 0 Å². The summed E-state index contributed by atoms with van der Waals surface area (Å²) in [6.45, 7) is 9.09. The summed E-state index contributed by atoms with van der Waals surface area (Å²) in [5, 5.41) is 2.90. The van der Waals surface area contributed by atoms with E-state index in [9.17, 15) is 14.0 Å². The minimum Gasteiger partial charge on any atom is -0.355 e. The molecule has 0 heterocycles. The molecule has 0 fully saturated rings. The molecule has 0 aliphatic carbocycles. The maximum absolute atomic E-state index is 13.6. The van der Waals surface area contributed by atoms with Gasteiger partial charge in [0.25, 0.3) is 0 Å². The van der Waals surface area contributed by atoms with E-state index in [0.717, 1.165) is 16.7 Å². The van der Waals surface area contributed by atoms with Crippen molar-refractivity contribution in [2.75, 3.05) is 6.54 Å². The Morgan fingerprint density at radius 3 is 2.06 bits per heavy atom. The van der Waals surface area contributed by atoms with Gasteiger partial charge in [-0.3, -0.25) is 9.59 Å². The second kappa shape index (κ2) is 12.5. The van der Waals surface area contributed by atoms with Crippen LogP contribution < -0.4 is 5.32 Å². The van der Waals surface area contributed by atoms with Crippen LogP contribution in [0.15, 0.2) is 78.9 Å². The first kappa shape index (κ1) is 27.1. The third-order valence-electron chi connectivity index (χ3n) is 6.34. The van der Waals surface area contributed by atoms with E-state index in [1.54, 1.807) is 17.0 Å². The molecule has 0 radical (unpaired) electrons. The van der Waals surface area contributed by atoms with Gasteiger partial charge < -0.3 is 10.2 Å². The number of aryl methyl sites for hydroxylation is 1. The number of hydrogen-bond acceptors (Lipinski definition) is 2. The van der Waals surface area contributed by atoms with Crippen LogP contribution in [0.5, 0.6) is 0 Å². The van der Waals surface area contributed by atoms with Crippen molar-refractivity contribution in [3.05, 3.63) is 107 Å². The second-order valence-electron chi connectivity index (χ2n) is 10.2. The van der Waals surface area contributed by atoms with E-state index < -0.39 is 6.04 Å². The number of likely N-dealkylation sites (N-methyl/N-ethyl adjacent to an activating group) is 1. The van der Waals surface area contributed by atoms with Crippen molar-refractivity contribution < 1.29 is 14.0 Å². The van der Waals surface area contributed by atoms with Crippen molar-refractivity contribution in [1.29, 1.82) is 0 Å². The first-order chi connectivity index (χ1) is 17.2. The van der Waals surface area contributed by atoms with Gasteiger partial charge in [-0.2, -0.15) is 0 Å². The molecule has 0 saturated heterocycles. The highest BCUT2D eigenvalue weighted by Crippen LogP contribution is 2.23. The lowest BCUT2D eigenvalue weighted by molar-refractivity contribution is -0.141. The molecule has 1 N–H and O–H groups in total. The molecule has 3 aromatic rings. The molecule has 3 aromatic carbocycles. The van der Waals surface area contributed by atoms with Gasteiger partial charge in [0.15, 0.2) is 0 Å². The summed E-state index contributed by atoms with van der Waals surface area (Å²) in [7, 11) is 0. The van der Waals surface area contributed by atoms with Crippen LogP contribution in [0.3, 0.4) is 0 Å². The Bertz CT molecular complexity index is 1120. The van der Waals surface area contributed by atoms with Gasteiger partial charge in [0, 0.05) is 25.9 Å². The summed E-state index contributed by atoms with van der Waals surface area (Å²) in [4.78, 5) is 28.5. The van der Waals surface area contributed by atoms with Crippen molar-refractivity contribution in [2.24, 2.45) is 0 Å². The fourth-order valence-electron chi connectivity index (χ4n) is 4.20. The van der Waals surface area contributed by atoms with Crippen LogP contribution >= 0.6 is 0 Å². The highest BCUT2D eigenvalue weighted by Gasteiger charge is 2.30. The SMILES string of the molecule is CCNC(=O)[C@@H](Cc1ccccc1)N(Cc1ccc(F)cc1)C(=O)CCc1ccc(C(C)(C)C)cc1. The quantitative estimate of drug-likeness (QED) is 0.390. The largest absolute Gasteiger partial charge is 0.355 e. The van der Waals surface area contributed by atoms with Crippen molar-refractivity contribution in [2.45, 2.75) is 65.0 Å². The van der Waals surface area contributed by atoms with Gasteiger partial charge in [-0.25, -0.2) is 4.39 Å². The molecule has 5 heteroatoms. The molecule has 0 unspecified atom stereocenters. The molecule has 0 aliphatic rings. The Balaban J connectivity index is 1.85. The van der Waals surface area contributed by atoms with E-state index in [1.165, 1.54) is 17.7 Å². The van der Waals surface area contributed by atoms with E-state index in [1.807, 2.05) is 37.3 Å². The molecule has 190 valence electrons. The third kappa shape index (κ3) is 7.77. The minimum absolute atomic E-state index is 0.0671. The lowest BCUT2D eigenvalue weighted by Gasteiger charge is -2.31. The lowest BCUT2D eigenvalue weighted by atomic mass is 9.86. The average Bonchev–Trinajstić information content (AvgIpc) is 2.86. The Morgan fingerprint density at radius 1 is 0.861 bits per heavy atom. The van der Waals surface area contributed by atoms with Crippen LogP contribution in [0.4, 0.5) is 4.39 Å². The molecule has 0 aromatic heterocycles. The van der Waals surface area contributed by atoms with Crippen LogP contribution in [0.2, 0.25) is 0 Å². The number of benzene rings is 3.